The van der Waals surface area contributed by atoms with Gasteiger partial charge in [0, 0.05) is 17.7 Å². The number of hydrogen-bond donors (Lipinski definition) is 1. The van der Waals surface area contributed by atoms with Crippen molar-refractivity contribution >= 4 is 11.5 Å². The first-order chi connectivity index (χ1) is 13.5. The van der Waals surface area contributed by atoms with E-state index in [4.69, 9.17) is 5.73 Å². The molecule has 0 aliphatic carbocycles. The fourth-order valence-electron chi connectivity index (χ4n) is 2.91. The van der Waals surface area contributed by atoms with Crippen LogP contribution in [0, 0.1) is 11.6 Å². The van der Waals surface area contributed by atoms with Gasteiger partial charge in [-0.2, -0.15) is 0 Å². The van der Waals surface area contributed by atoms with Crippen molar-refractivity contribution in [1.29, 1.82) is 0 Å². The summed E-state index contributed by atoms with van der Waals surface area (Å²) >= 11 is 0. The molecule has 0 heterocycles. The van der Waals surface area contributed by atoms with E-state index in [1.54, 1.807) is 0 Å². The fraction of sp³-hybridized carbons (Fsp3) is 0.0870. The molecule has 0 aliphatic rings. The Kier molecular flexibility index (Phi) is 8.29. The van der Waals surface area contributed by atoms with E-state index in [9.17, 15) is 18.7 Å². The van der Waals surface area contributed by atoms with Crippen LogP contribution in [0.15, 0.2) is 78.9 Å². The third-order valence-electron chi connectivity index (χ3n) is 4.40. The predicted molar refractivity (Wildman–Crippen MR) is 103 cm³/mol. The van der Waals surface area contributed by atoms with E-state index in [-0.39, 0.29) is 41.5 Å². The number of benzene rings is 3. The Balaban J connectivity index is 0.00000300. The average molecular weight is 401 g/mol. The quantitative estimate of drug-likeness (QED) is 0.613. The smallest absolute Gasteiger partial charge is 0.548 e. The molecule has 0 amide bonds. The van der Waals surface area contributed by atoms with E-state index in [0.717, 1.165) is 23.3 Å². The Morgan fingerprint density at radius 1 is 0.966 bits per heavy atom. The Bertz CT molecular complexity index is 1010. The Morgan fingerprint density at radius 3 is 2.17 bits per heavy atom. The molecule has 0 saturated carbocycles. The Hall–Kier alpha value is -2.31. The van der Waals surface area contributed by atoms with Crippen molar-refractivity contribution in [3.05, 3.63) is 102 Å². The van der Waals surface area contributed by atoms with Crippen LogP contribution in [0.25, 0.3) is 16.7 Å². The third-order valence-corrected chi connectivity index (χ3v) is 4.40. The summed E-state index contributed by atoms with van der Waals surface area (Å²) in [5.41, 5.74) is 8.81. The zero-order valence-corrected chi connectivity index (χ0v) is 17.9. The monoisotopic (exact) mass is 401 g/mol. The van der Waals surface area contributed by atoms with Crippen molar-refractivity contribution < 1.29 is 48.2 Å². The molecule has 0 bridgehead atoms. The second-order valence-corrected chi connectivity index (χ2v) is 6.35. The minimum atomic E-state index is -1.39. The normalized spacial score (nSPS) is 12.2. The molecule has 1 unspecified atom stereocenters. The van der Waals surface area contributed by atoms with E-state index in [1.165, 1.54) is 12.1 Å². The van der Waals surface area contributed by atoms with Crippen molar-refractivity contribution in [2.45, 2.75) is 12.5 Å². The van der Waals surface area contributed by atoms with Gasteiger partial charge in [-0.1, -0.05) is 60.7 Å². The molecule has 0 aliphatic heterocycles. The SMILES string of the molecule is NC(C/C=C(\c1ccc(-c2ccccc2)cc1)c1ccc(F)cc1F)C(=O)[O-].[Na+]. The summed E-state index contributed by atoms with van der Waals surface area (Å²) in [6, 6.07) is 19.2. The number of aliphatic carboxylic acids is 1. The third kappa shape index (κ3) is 5.84. The van der Waals surface area contributed by atoms with Crippen molar-refractivity contribution in [1.82, 2.24) is 0 Å². The summed E-state index contributed by atoms with van der Waals surface area (Å²) < 4.78 is 27.7. The minimum Gasteiger partial charge on any atom is -0.548 e. The maximum absolute atomic E-state index is 14.4. The minimum absolute atomic E-state index is 0. The van der Waals surface area contributed by atoms with Gasteiger partial charge < -0.3 is 15.6 Å². The summed E-state index contributed by atoms with van der Waals surface area (Å²) in [6.07, 6.45) is 1.49. The molecule has 0 aromatic heterocycles. The molecule has 142 valence electrons. The zero-order chi connectivity index (χ0) is 20.1. The van der Waals surface area contributed by atoms with Gasteiger partial charge in [0.05, 0.1) is 5.97 Å². The summed E-state index contributed by atoms with van der Waals surface area (Å²) in [5, 5.41) is 10.9. The van der Waals surface area contributed by atoms with E-state index >= 15 is 0 Å². The Morgan fingerprint density at radius 2 is 1.59 bits per heavy atom. The number of rotatable bonds is 6. The van der Waals surface area contributed by atoms with Gasteiger partial charge in [-0.15, -0.1) is 0 Å². The van der Waals surface area contributed by atoms with Gasteiger partial charge in [0.2, 0.25) is 0 Å². The summed E-state index contributed by atoms with van der Waals surface area (Å²) in [5.74, 6) is -2.82. The molecule has 0 saturated heterocycles. The molecular weight excluding hydrogens is 383 g/mol. The van der Waals surface area contributed by atoms with Gasteiger partial charge in [-0.3, -0.25) is 0 Å². The van der Waals surface area contributed by atoms with Crippen LogP contribution in [0.5, 0.6) is 0 Å². The molecule has 3 aromatic carbocycles. The van der Waals surface area contributed by atoms with Crippen LogP contribution in [-0.2, 0) is 4.79 Å². The van der Waals surface area contributed by atoms with E-state index in [2.05, 4.69) is 0 Å². The van der Waals surface area contributed by atoms with Crippen molar-refractivity contribution in [3.63, 3.8) is 0 Å². The second kappa shape index (κ2) is 10.5. The Labute approximate surface area is 190 Å². The van der Waals surface area contributed by atoms with Crippen LogP contribution in [-0.4, -0.2) is 12.0 Å². The van der Waals surface area contributed by atoms with Gasteiger partial charge in [-0.05, 0) is 40.8 Å². The second-order valence-electron chi connectivity index (χ2n) is 6.35. The maximum Gasteiger partial charge on any atom is 1.00 e. The van der Waals surface area contributed by atoms with Gasteiger partial charge in [-0.25, -0.2) is 8.78 Å². The molecule has 0 radical (unpaired) electrons. The van der Waals surface area contributed by atoms with Crippen molar-refractivity contribution in [2.24, 2.45) is 5.73 Å². The zero-order valence-electron chi connectivity index (χ0n) is 15.9. The molecule has 3 nitrogen and oxygen atoms in total. The van der Waals surface area contributed by atoms with Gasteiger partial charge >= 0.3 is 29.6 Å². The number of carboxylic acids is 1. The van der Waals surface area contributed by atoms with E-state index in [1.807, 2.05) is 54.6 Å². The topological polar surface area (TPSA) is 66.2 Å². The van der Waals surface area contributed by atoms with Crippen molar-refractivity contribution in [2.75, 3.05) is 0 Å². The number of carbonyl (C=O) groups excluding carboxylic acids is 1. The molecule has 1 atom stereocenters. The molecule has 6 heteroatoms. The number of nitrogens with two attached hydrogens (primary N) is 1. The molecular formula is C23H18F2NNaO2. The molecule has 3 rings (SSSR count). The number of halogens is 2. The first kappa shape index (κ1) is 23.0. The predicted octanol–water partition coefficient (Wildman–Crippen LogP) is 0.535. The molecule has 3 aromatic rings. The van der Waals surface area contributed by atoms with Gasteiger partial charge in [0.15, 0.2) is 0 Å². The van der Waals surface area contributed by atoms with Crippen molar-refractivity contribution in [3.8, 4) is 11.1 Å². The molecule has 0 fully saturated rings. The average Bonchev–Trinajstić information content (AvgIpc) is 2.70. The molecule has 2 N–H and O–H groups in total. The summed E-state index contributed by atoms with van der Waals surface area (Å²) in [6.45, 7) is 0. The van der Waals surface area contributed by atoms with Crippen LogP contribution in [0.1, 0.15) is 17.5 Å². The van der Waals surface area contributed by atoms with Crippen LogP contribution < -0.4 is 40.4 Å². The summed E-state index contributed by atoms with van der Waals surface area (Å²) in [4.78, 5) is 10.9. The first-order valence-electron chi connectivity index (χ1n) is 8.73. The number of carbonyl (C=O) groups is 1. The molecule has 29 heavy (non-hydrogen) atoms. The maximum atomic E-state index is 14.4. The van der Waals surface area contributed by atoms with Crippen LogP contribution in [0.2, 0.25) is 0 Å². The first-order valence-corrected chi connectivity index (χ1v) is 8.73. The van der Waals surface area contributed by atoms with Crippen LogP contribution in [0.3, 0.4) is 0 Å². The van der Waals surface area contributed by atoms with Gasteiger partial charge in [0.25, 0.3) is 0 Å². The van der Waals surface area contributed by atoms with E-state index in [0.29, 0.717) is 11.1 Å². The van der Waals surface area contributed by atoms with Gasteiger partial charge in [0.1, 0.15) is 11.6 Å². The number of carboxylic acid groups (broad SMARTS) is 1. The fourth-order valence-corrected chi connectivity index (χ4v) is 2.91. The molecule has 0 spiro atoms. The standard InChI is InChI=1S/C23H19F2NO2.Na/c24-18-10-11-20(21(25)14-18)19(12-13-22(26)23(27)28)17-8-6-16(7-9-17)15-4-2-1-3-5-15;/h1-12,14,22H,13,26H2,(H,27,28);/q;+1/p-1/b19-12+;. The van der Waals surface area contributed by atoms with E-state index < -0.39 is 23.6 Å². The number of hydrogen-bond acceptors (Lipinski definition) is 3. The largest absolute Gasteiger partial charge is 1.00 e. The van der Waals surface area contributed by atoms with Crippen LogP contribution in [0.4, 0.5) is 8.78 Å². The summed E-state index contributed by atoms with van der Waals surface area (Å²) in [7, 11) is 0. The van der Waals surface area contributed by atoms with Crippen LogP contribution >= 0.6 is 0 Å².